The van der Waals surface area contributed by atoms with Crippen LogP contribution in [0.1, 0.15) is 45.4 Å². The van der Waals surface area contributed by atoms with Crippen molar-refractivity contribution in [2.24, 2.45) is 0 Å². The fourth-order valence-corrected chi connectivity index (χ4v) is 2.22. The zero-order valence-electron chi connectivity index (χ0n) is 13.0. The number of unbranched alkanes of at least 4 members (excludes halogenated alkanes) is 1. The molecule has 1 fully saturated rings. The summed E-state index contributed by atoms with van der Waals surface area (Å²) in [4.78, 5) is 8.83. The molecule has 118 valence electrons. The second kappa shape index (κ2) is 8.02. The van der Waals surface area contributed by atoms with Gasteiger partial charge in [-0.1, -0.05) is 20.3 Å². The van der Waals surface area contributed by atoms with Crippen LogP contribution >= 0.6 is 0 Å². The molecule has 0 spiro atoms. The van der Waals surface area contributed by atoms with Crippen LogP contribution in [-0.4, -0.2) is 35.8 Å². The number of rotatable bonds is 8. The van der Waals surface area contributed by atoms with E-state index < -0.39 is 0 Å². The number of anilines is 2. The first-order valence-corrected chi connectivity index (χ1v) is 7.89. The molecule has 0 bridgehead atoms. The van der Waals surface area contributed by atoms with Gasteiger partial charge in [-0.25, -0.2) is 4.98 Å². The predicted octanol–water partition coefficient (Wildman–Crippen LogP) is 2.39. The van der Waals surface area contributed by atoms with Crippen LogP contribution in [0.25, 0.3) is 0 Å². The predicted molar refractivity (Wildman–Crippen MR) is 83.7 cm³/mol. The first-order chi connectivity index (χ1) is 10.2. The first-order valence-electron chi connectivity index (χ1n) is 7.89. The minimum atomic E-state index is 0.244. The lowest BCUT2D eigenvalue weighted by Gasteiger charge is -2.15. The van der Waals surface area contributed by atoms with Crippen LogP contribution in [0.2, 0.25) is 0 Å². The maximum absolute atomic E-state index is 6.12. The van der Waals surface area contributed by atoms with Gasteiger partial charge in [-0.2, -0.15) is 4.98 Å². The van der Waals surface area contributed by atoms with Crippen molar-refractivity contribution >= 4 is 11.5 Å². The lowest BCUT2D eigenvalue weighted by Crippen LogP contribution is -2.20. The fraction of sp³-hybridized carbons (Fsp3) is 0.733. The Bertz CT molecular complexity index is 448. The third-order valence-electron chi connectivity index (χ3n) is 3.53. The van der Waals surface area contributed by atoms with Crippen LogP contribution in [0.3, 0.4) is 0 Å². The maximum Gasteiger partial charge on any atom is 0.242 e. The highest BCUT2D eigenvalue weighted by Gasteiger charge is 2.17. The van der Waals surface area contributed by atoms with Gasteiger partial charge in [0.15, 0.2) is 5.82 Å². The largest absolute Gasteiger partial charge is 0.476 e. The van der Waals surface area contributed by atoms with Crippen LogP contribution in [0.5, 0.6) is 5.88 Å². The molecule has 1 aromatic rings. The summed E-state index contributed by atoms with van der Waals surface area (Å²) in [5.41, 5.74) is 6.61. The SMILES string of the molecule is CCCCOc1nc(CC)nc(NCC2CCCO2)c1N. The van der Waals surface area contributed by atoms with Gasteiger partial charge in [0.05, 0.1) is 12.7 Å². The van der Waals surface area contributed by atoms with Crippen molar-refractivity contribution in [1.82, 2.24) is 9.97 Å². The van der Waals surface area contributed by atoms with E-state index in [9.17, 15) is 0 Å². The third-order valence-corrected chi connectivity index (χ3v) is 3.53. The molecule has 0 saturated carbocycles. The van der Waals surface area contributed by atoms with Crippen LogP contribution in [-0.2, 0) is 11.2 Å². The lowest BCUT2D eigenvalue weighted by atomic mass is 10.2. The van der Waals surface area contributed by atoms with Crippen molar-refractivity contribution in [3.05, 3.63) is 5.82 Å². The summed E-state index contributed by atoms with van der Waals surface area (Å²) in [6, 6.07) is 0. The molecular weight excluding hydrogens is 268 g/mol. The summed E-state index contributed by atoms with van der Waals surface area (Å²) >= 11 is 0. The van der Waals surface area contributed by atoms with Crippen molar-refractivity contribution in [2.45, 2.75) is 52.1 Å². The molecule has 0 aromatic carbocycles. The standard InChI is InChI=1S/C15H26N4O2/c1-3-5-8-21-15-13(16)14(18-12(4-2)19-15)17-10-11-7-6-9-20-11/h11H,3-10,16H2,1-2H3,(H,17,18,19). The molecule has 0 aliphatic carbocycles. The van der Waals surface area contributed by atoms with E-state index in [0.717, 1.165) is 51.1 Å². The Hall–Kier alpha value is -1.56. The number of nitrogens with one attached hydrogen (secondary N) is 1. The zero-order chi connectivity index (χ0) is 15.1. The number of aryl methyl sites for hydroxylation is 1. The van der Waals surface area contributed by atoms with Gasteiger partial charge in [-0.15, -0.1) is 0 Å². The van der Waals surface area contributed by atoms with E-state index in [0.29, 0.717) is 24.0 Å². The van der Waals surface area contributed by atoms with E-state index in [4.69, 9.17) is 15.2 Å². The topological polar surface area (TPSA) is 82.3 Å². The Labute approximate surface area is 126 Å². The molecule has 6 heteroatoms. The molecule has 2 rings (SSSR count). The van der Waals surface area contributed by atoms with Crippen molar-refractivity contribution in [1.29, 1.82) is 0 Å². The van der Waals surface area contributed by atoms with Gasteiger partial charge in [0.2, 0.25) is 5.88 Å². The van der Waals surface area contributed by atoms with Gasteiger partial charge in [0, 0.05) is 19.6 Å². The summed E-state index contributed by atoms with van der Waals surface area (Å²) in [7, 11) is 0. The molecule has 1 aromatic heterocycles. The minimum absolute atomic E-state index is 0.244. The molecule has 1 aliphatic heterocycles. The number of nitrogen functional groups attached to an aromatic ring is 1. The van der Waals surface area contributed by atoms with Gasteiger partial charge in [-0.3, -0.25) is 0 Å². The van der Waals surface area contributed by atoms with Crippen LogP contribution in [0.15, 0.2) is 0 Å². The Kier molecular flexibility index (Phi) is 6.04. The second-order valence-electron chi connectivity index (χ2n) is 5.28. The Morgan fingerprint density at radius 3 is 2.90 bits per heavy atom. The van der Waals surface area contributed by atoms with Crippen molar-refractivity contribution < 1.29 is 9.47 Å². The maximum atomic E-state index is 6.12. The highest BCUT2D eigenvalue weighted by molar-refractivity contribution is 5.67. The Morgan fingerprint density at radius 2 is 2.24 bits per heavy atom. The molecular formula is C15H26N4O2. The second-order valence-corrected chi connectivity index (χ2v) is 5.28. The average Bonchev–Trinajstić information content (AvgIpc) is 3.01. The highest BCUT2D eigenvalue weighted by atomic mass is 16.5. The van der Waals surface area contributed by atoms with E-state index in [1.807, 2.05) is 6.92 Å². The van der Waals surface area contributed by atoms with E-state index in [-0.39, 0.29) is 6.10 Å². The monoisotopic (exact) mass is 294 g/mol. The minimum Gasteiger partial charge on any atom is -0.476 e. The summed E-state index contributed by atoms with van der Waals surface area (Å²) in [6.45, 7) is 6.34. The molecule has 1 atom stereocenters. The third kappa shape index (κ3) is 4.46. The average molecular weight is 294 g/mol. The molecule has 0 radical (unpaired) electrons. The van der Waals surface area contributed by atoms with E-state index in [1.54, 1.807) is 0 Å². The van der Waals surface area contributed by atoms with E-state index in [2.05, 4.69) is 22.2 Å². The van der Waals surface area contributed by atoms with Crippen LogP contribution < -0.4 is 15.8 Å². The number of nitrogens with two attached hydrogens (primary N) is 1. The quantitative estimate of drug-likeness (QED) is 0.716. The van der Waals surface area contributed by atoms with Crippen molar-refractivity contribution in [2.75, 3.05) is 30.8 Å². The van der Waals surface area contributed by atoms with E-state index >= 15 is 0 Å². The summed E-state index contributed by atoms with van der Waals surface area (Å²) in [6.07, 6.45) is 5.27. The smallest absolute Gasteiger partial charge is 0.242 e. The van der Waals surface area contributed by atoms with Gasteiger partial charge in [-0.05, 0) is 19.3 Å². The Morgan fingerprint density at radius 1 is 1.38 bits per heavy atom. The molecule has 6 nitrogen and oxygen atoms in total. The van der Waals surface area contributed by atoms with Crippen molar-refractivity contribution in [3.63, 3.8) is 0 Å². The first kappa shape index (κ1) is 15.8. The summed E-state index contributed by atoms with van der Waals surface area (Å²) < 4.78 is 11.3. The number of aromatic nitrogens is 2. The molecule has 2 heterocycles. The van der Waals surface area contributed by atoms with Crippen LogP contribution in [0.4, 0.5) is 11.5 Å². The fourth-order valence-electron chi connectivity index (χ4n) is 2.22. The zero-order valence-corrected chi connectivity index (χ0v) is 13.0. The summed E-state index contributed by atoms with van der Waals surface area (Å²) in [5, 5.41) is 3.28. The summed E-state index contributed by atoms with van der Waals surface area (Å²) in [5.74, 6) is 1.89. The molecule has 1 aliphatic rings. The number of ether oxygens (including phenoxy) is 2. The molecule has 21 heavy (non-hydrogen) atoms. The molecule has 3 N–H and O–H groups in total. The normalized spacial score (nSPS) is 17.9. The highest BCUT2D eigenvalue weighted by Crippen LogP contribution is 2.27. The van der Waals surface area contributed by atoms with Gasteiger partial charge >= 0.3 is 0 Å². The molecule has 1 unspecified atom stereocenters. The van der Waals surface area contributed by atoms with Crippen LogP contribution in [0, 0.1) is 0 Å². The number of nitrogens with zero attached hydrogens (tertiary/aromatic N) is 2. The van der Waals surface area contributed by atoms with Gasteiger partial charge < -0.3 is 20.5 Å². The Balaban J connectivity index is 2.04. The lowest BCUT2D eigenvalue weighted by molar-refractivity contribution is 0.120. The van der Waals surface area contributed by atoms with Gasteiger partial charge in [0.25, 0.3) is 0 Å². The molecule has 0 amide bonds. The van der Waals surface area contributed by atoms with Crippen molar-refractivity contribution in [3.8, 4) is 5.88 Å². The molecule has 1 saturated heterocycles. The van der Waals surface area contributed by atoms with Gasteiger partial charge in [0.1, 0.15) is 11.5 Å². The van der Waals surface area contributed by atoms with E-state index in [1.165, 1.54) is 0 Å². The number of hydrogen-bond acceptors (Lipinski definition) is 6. The number of hydrogen-bond donors (Lipinski definition) is 2.